The number of rotatable bonds is 11. The zero-order valence-electron chi connectivity index (χ0n) is 15.8. The van der Waals surface area contributed by atoms with Gasteiger partial charge in [-0.25, -0.2) is 0 Å². The van der Waals surface area contributed by atoms with Gasteiger partial charge < -0.3 is 11.6 Å². The summed E-state index contributed by atoms with van der Waals surface area (Å²) in [6, 6.07) is 0. The quantitative estimate of drug-likeness (QED) is 0.183. The number of aliphatic hydroxyl groups excluding tert-OH is 2. The van der Waals surface area contributed by atoms with Crippen LogP contribution in [-0.4, -0.2) is 41.0 Å². The molecule has 0 saturated carbocycles. The minimum absolute atomic E-state index is 0. The standard InChI is InChI=1S/C12H26O.C3H6O.Na.H2O4S.H/c1-2-3-4-5-6-7-8-9-10-11-12-13;1-2-3-4;;1-5(2,3)4;/h13H,2-12H2,1H3;2,4H,1,3H2;;(H2,1,2,3,4);/q;;+1;;-1. The van der Waals surface area contributed by atoms with Crippen LogP contribution in [0.3, 0.4) is 0 Å². The second kappa shape index (κ2) is 27.4. The fourth-order valence-corrected chi connectivity index (χ4v) is 1.60. The molecule has 0 aliphatic rings. The summed E-state index contributed by atoms with van der Waals surface area (Å²) in [5.74, 6) is 0. The first-order chi connectivity index (χ1) is 10.3. The molecule has 23 heavy (non-hydrogen) atoms. The normalized spacial score (nSPS) is 9.61. The summed E-state index contributed by atoms with van der Waals surface area (Å²) >= 11 is 0. The van der Waals surface area contributed by atoms with Gasteiger partial charge in [0, 0.05) is 6.61 Å². The van der Waals surface area contributed by atoms with E-state index < -0.39 is 10.4 Å². The maximum absolute atomic E-state index is 8.74. The van der Waals surface area contributed by atoms with Crippen molar-refractivity contribution >= 4 is 10.4 Å². The molecule has 0 radical (unpaired) electrons. The van der Waals surface area contributed by atoms with E-state index in [-0.39, 0.29) is 37.6 Å². The summed E-state index contributed by atoms with van der Waals surface area (Å²) < 4.78 is 31.6. The summed E-state index contributed by atoms with van der Waals surface area (Å²) in [6.45, 7) is 5.94. The molecule has 0 aromatic heterocycles. The largest absolute Gasteiger partial charge is 1.00 e. The first-order valence-corrected chi connectivity index (χ1v) is 9.25. The van der Waals surface area contributed by atoms with Crippen LogP contribution >= 0.6 is 0 Å². The van der Waals surface area contributed by atoms with Gasteiger partial charge >= 0.3 is 40.0 Å². The fourth-order valence-electron chi connectivity index (χ4n) is 1.60. The van der Waals surface area contributed by atoms with Gasteiger partial charge in [0.15, 0.2) is 0 Å². The molecule has 0 atom stereocenters. The Morgan fingerprint density at radius 1 is 0.870 bits per heavy atom. The average Bonchev–Trinajstić information content (AvgIpc) is 2.44. The second-order valence-corrected chi connectivity index (χ2v) is 5.72. The molecule has 0 spiro atoms. The Bertz CT molecular complexity index is 284. The predicted octanol–water partition coefficient (Wildman–Crippen LogP) is 0.528. The van der Waals surface area contributed by atoms with Crippen molar-refractivity contribution in [2.45, 2.75) is 71.1 Å². The van der Waals surface area contributed by atoms with Gasteiger partial charge in [-0.05, 0) is 6.42 Å². The molecule has 0 saturated heterocycles. The van der Waals surface area contributed by atoms with Gasteiger partial charge in [0.1, 0.15) is 0 Å². The Balaban J connectivity index is -0.0000000919. The smallest absolute Gasteiger partial charge is 1.00 e. The molecule has 4 N–H and O–H groups in total. The molecule has 0 bridgehead atoms. The molecule has 0 unspecified atom stereocenters. The fraction of sp³-hybridized carbons (Fsp3) is 0.867. The summed E-state index contributed by atoms with van der Waals surface area (Å²) in [5.41, 5.74) is 0. The number of hydrogen-bond donors (Lipinski definition) is 4. The van der Waals surface area contributed by atoms with Gasteiger partial charge in [-0.15, -0.1) is 6.58 Å². The molecule has 0 heterocycles. The molecule has 0 rings (SSSR count). The Labute approximate surface area is 165 Å². The summed E-state index contributed by atoms with van der Waals surface area (Å²) in [4.78, 5) is 0. The van der Waals surface area contributed by atoms with Crippen molar-refractivity contribution in [3.63, 3.8) is 0 Å². The third kappa shape index (κ3) is 71.4. The summed E-state index contributed by atoms with van der Waals surface area (Å²) in [6.07, 6.45) is 14.7. The molecule has 0 aliphatic heterocycles. The van der Waals surface area contributed by atoms with Crippen LogP contribution in [0.5, 0.6) is 0 Å². The zero-order chi connectivity index (χ0) is 17.7. The Morgan fingerprint density at radius 2 is 1.13 bits per heavy atom. The van der Waals surface area contributed by atoms with E-state index in [1.54, 1.807) is 0 Å². The molecule has 0 aromatic carbocycles. The van der Waals surface area contributed by atoms with Crippen LogP contribution < -0.4 is 29.6 Å². The average molecular weight is 366 g/mol. The molecular formula is C15H35NaO6S. The third-order valence-corrected chi connectivity index (χ3v) is 2.64. The van der Waals surface area contributed by atoms with Crippen LogP contribution in [-0.2, 0) is 10.4 Å². The Hall–Kier alpha value is 0.530. The van der Waals surface area contributed by atoms with Crippen LogP contribution in [0.4, 0.5) is 0 Å². The minimum atomic E-state index is -4.67. The molecule has 0 aromatic rings. The van der Waals surface area contributed by atoms with Gasteiger partial charge in [0.2, 0.25) is 0 Å². The number of hydrogen-bond acceptors (Lipinski definition) is 4. The maximum Gasteiger partial charge on any atom is 1.00 e. The van der Waals surface area contributed by atoms with Crippen LogP contribution in [0.25, 0.3) is 0 Å². The molecule has 8 heteroatoms. The topological polar surface area (TPSA) is 115 Å². The van der Waals surface area contributed by atoms with E-state index >= 15 is 0 Å². The third-order valence-electron chi connectivity index (χ3n) is 2.64. The van der Waals surface area contributed by atoms with Crippen LogP contribution in [0.2, 0.25) is 0 Å². The molecule has 6 nitrogen and oxygen atoms in total. The van der Waals surface area contributed by atoms with Crippen molar-refractivity contribution < 1.29 is 58.7 Å². The molecule has 138 valence electrons. The molecule has 0 fully saturated rings. The molecular weight excluding hydrogens is 331 g/mol. The van der Waals surface area contributed by atoms with Crippen molar-refractivity contribution in [1.82, 2.24) is 0 Å². The maximum atomic E-state index is 8.74. The van der Waals surface area contributed by atoms with Gasteiger partial charge in [-0.1, -0.05) is 70.8 Å². The van der Waals surface area contributed by atoms with Crippen LogP contribution in [0, 0.1) is 0 Å². The Morgan fingerprint density at radius 3 is 1.35 bits per heavy atom. The van der Waals surface area contributed by atoms with Crippen molar-refractivity contribution in [3.8, 4) is 0 Å². The van der Waals surface area contributed by atoms with E-state index in [1.165, 1.54) is 63.9 Å². The van der Waals surface area contributed by atoms with Crippen molar-refractivity contribution in [1.29, 1.82) is 0 Å². The van der Waals surface area contributed by atoms with Crippen LogP contribution in [0.1, 0.15) is 72.6 Å². The number of unbranched alkanes of at least 4 members (excludes halogenated alkanes) is 9. The van der Waals surface area contributed by atoms with E-state index in [4.69, 9.17) is 27.7 Å². The van der Waals surface area contributed by atoms with Crippen LogP contribution in [0.15, 0.2) is 12.7 Å². The first-order valence-electron chi connectivity index (χ1n) is 7.85. The summed E-state index contributed by atoms with van der Waals surface area (Å²) in [7, 11) is -4.67. The van der Waals surface area contributed by atoms with Gasteiger partial charge in [-0.2, -0.15) is 8.42 Å². The minimum Gasteiger partial charge on any atom is -1.00 e. The van der Waals surface area contributed by atoms with E-state index in [1.807, 2.05) is 0 Å². The van der Waals surface area contributed by atoms with Gasteiger partial charge in [0.25, 0.3) is 0 Å². The van der Waals surface area contributed by atoms with E-state index in [9.17, 15) is 0 Å². The van der Waals surface area contributed by atoms with E-state index in [0.717, 1.165) is 6.42 Å². The van der Waals surface area contributed by atoms with Gasteiger partial charge in [-0.3, -0.25) is 9.11 Å². The van der Waals surface area contributed by atoms with Gasteiger partial charge in [0.05, 0.1) is 6.61 Å². The first kappa shape index (κ1) is 31.3. The van der Waals surface area contributed by atoms with E-state index in [0.29, 0.717) is 6.61 Å². The van der Waals surface area contributed by atoms with Crippen molar-refractivity contribution in [2.75, 3.05) is 13.2 Å². The van der Waals surface area contributed by atoms with Crippen molar-refractivity contribution in [3.05, 3.63) is 12.7 Å². The second-order valence-electron chi connectivity index (χ2n) is 4.82. The Kier molecular flexibility index (Phi) is 37.3. The van der Waals surface area contributed by atoms with Crippen molar-refractivity contribution in [2.24, 2.45) is 0 Å². The predicted molar refractivity (Wildman–Crippen MR) is 91.5 cm³/mol. The molecule has 0 amide bonds. The molecule has 0 aliphatic carbocycles. The number of aliphatic hydroxyl groups is 2. The SMILES string of the molecule is C=CCO.CCCCCCCCCCCCO.O=S(=O)(O)O.[H-].[Na+]. The summed E-state index contributed by atoms with van der Waals surface area (Å²) in [5, 5.41) is 16.3. The monoisotopic (exact) mass is 366 g/mol. The zero-order valence-corrected chi connectivity index (χ0v) is 17.6. The van der Waals surface area contributed by atoms with E-state index in [2.05, 4.69) is 13.5 Å².